The van der Waals surface area contributed by atoms with Gasteiger partial charge in [0, 0.05) is 31.7 Å². The Morgan fingerprint density at radius 2 is 1.65 bits per heavy atom. The molecule has 1 fully saturated rings. The Morgan fingerprint density at radius 1 is 0.941 bits per heavy atom. The first-order valence-corrected chi connectivity index (χ1v) is 11.7. The van der Waals surface area contributed by atoms with Crippen LogP contribution in [0.5, 0.6) is 11.5 Å². The number of benzene rings is 2. The molecule has 34 heavy (non-hydrogen) atoms. The van der Waals surface area contributed by atoms with Crippen LogP contribution >= 0.6 is 0 Å². The third kappa shape index (κ3) is 5.08. The number of hydrogen-bond acceptors (Lipinski definition) is 7. The van der Waals surface area contributed by atoms with Crippen LogP contribution in [0.25, 0.3) is 5.57 Å². The molecule has 0 spiro atoms. The molecular weight excluding hydrogens is 434 g/mol. The fraction of sp³-hybridized carbons (Fsp3) is 0.385. The Balaban J connectivity index is 1.63. The lowest BCUT2D eigenvalue weighted by Gasteiger charge is -2.27. The zero-order valence-electron chi connectivity index (χ0n) is 19.7. The quantitative estimate of drug-likeness (QED) is 0.541. The minimum atomic E-state index is -0.348. The highest BCUT2D eigenvalue weighted by atomic mass is 16.5. The SMILES string of the molecule is CCOc1ccccc1NC1=C(c2ccccc2OC)C(=O)N(CCCN2CCOCC2)C1=O. The molecule has 2 aliphatic rings. The largest absolute Gasteiger partial charge is 0.496 e. The van der Waals surface area contributed by atoms with Gasteiger partial charge in [0.2, 0.25) is 0 Å². The van der Waals surface area contributed by atoms with Gasteiger partial charge in [-0.05, 0) is 31.5 Å². The lowest BCUT2D eigenvalue weighted by atomic mass is 10.0. The molecule has 2 aromatic carbocycles. The third-order valence-corrected chi connectivity index (χ3v) is 5.95. The molecule has 0 aliphatic carbocycles. The van der Waals surface area contributed by atoms with Gasteiger partial charge in [0.15, 0.2) is 0 Å². The molecule has 2 aromatic rings. The second kappa shape index (κ2) is 11.2. The summed E-state index contributed by atoms with van der Waals surface area (Å²) in [6, 6.07) is 14.6. The number of amides is 2. The average molecular weight is 466 g/mol. The molecule has 4 rings (SSSR count). The van der Waals surface area contributed by atoms with E-state index in [4.69, 9.17) is 14.2 Å². The van der Waals surface area contributed by atoms with Crippen LogP contribution in [-0.2, 0) is 14.3 Å². The maximum absolute atomic E-state index is 13.6. The normalized spacial score (nSPS) is 16.8. The summed E-state index contributed by atoms with van der Waals surface area (Å²) in [5.74, 6) is 0.473. The zero-order chi connectivity index (χ0) is 23.9. The minimum Gasteiger partial charge on any atom is -0.496 e. The van der Waals surface area contributed by atoms with Crippen molar-refractivity contribution in [2.75, 3.05) is 58.4 Å². The van der Waals surface area contributed by atoms with E-state index >= 15 is 0 Å². The summed E-state index contributed by atoms with van der Waals surface area (Å²) in [6.07, 6.45) is 0.694. The van der Waals surface area contributed by atoms with Crippen LogP contribution in [0.2, 0.25) is 0 Å². The van der Waals surface area contributed by atoms with Crippen molar-refractivity contribution in [3.8, 4) is 11.5 Å². The summed E-state index contributed by atoms with van der Waals surface area (Å²) >= 11 is 0. The van der Waals surface area contributed by atoms with Crippen molar-refractivity contribution in [1.82, 2.24) is 9.80 Å². The van der Waals surface area contributed by atoms with Crippen LogP contribution in [0.4, 0.5) is 5.69 Å². The molecular formula is C26H31N3O5. The Kier molecular flexibility index (Phi) is 7.82. The molecule has 180 valence electrons. The molecule has 2 aliphatic heterocycles. The van der Waals surface area contributed by atoms with Crippen LogP contribution in [0, 0.1) is 0 Å². The van der Waals surface area contributed by atoms with Gasteiger partial charge in [0.1, 0.15) is 17.2 Å². The molecule has 0 atom stereocenters. The highest BCUT2D eigenvalue weighted by molar-refractivity contribution is 6.37. The highest BCUT2D eigenvalue weighted by Gasteiger charge is 2.40. The Morgan fingerprint density at radius 3 is 2.38 bits per heavy atom. The molecule has 2 heterocycles. The minimum absolute atomic E-state index is 0.230. The summed E-state index contributed by atoms with van der Waals surface area (Å²) in [7, 11) is 1.55. The molecule has 0 radical (unpaired) electrons. The van der Waals surface area contributed by atoms with E-state index < -0.39 is 0 Å². The number of methoxy groups -OCH3 is 1. The number of anilines is 1. The third-order valence-electron chi connectivity index (χ3n) is 5.95. The Hall–Kier alpha value is -3.36. The Labute approximate surface area is 200 Å². The lowest BCUT2D eigenvalue weighted by molar-refractivity contribution is -0.136. The van der Waals surface area contributed by atoms with E-state index in [1.165, 1.54) is 4.90 Å². The number of ether oxygens (including phenoxy) is 3. The molecule has 1 N–H and O–H groups in total. The Bertz CT molecular complexity index is 1060. The fourth-order valence-electron chi connectivity index (χ4n) is 4.26. The first-order chi connectivity index (χ1) is 16.6. The van der Waals surface area contributed by atoms with Crippen LogP contribution in [-0.4, -0.2) is 74.7 Å². The van der Waals surface area contributed by atoms with E-state index in [9.17, 15) is 9.59 Å². The van der Waals surface area contributed by atoms with Crippen molar-refractivity contribution in [3.05, 3.63) is 59.8 Å². The summed E-state index contributed by atoms with van der Waals surface area (Å²) in [4.78, 5) is 30.7. The van der Waals surface area contributed by atoms with Crippen molar-refractivity contribution in [3.63, 3.8) is 0 Å². The molecule has 0 aromatic heterocycles. The van der Waals surface area contributed by atoms with Gasteiger partial charge in [-0.2, -0.15) is 0 Å². The van der Waals surface area contributed by atoms with Crippen molar-refractivity contribution in [1.29, 1.82) is 0 Å². The number of imide groups is 1. The number of hydrogen-bond donors (Lipinski definition) is 1. The summed E-state index contributed by atoms with van der Waals surface area (Å²) in [6.45, 7) is 6.70. The van der Waals surface area contributed by atoms with Gasteiger partial charge in [0.05, 0.1) is 38.2 Å². The van der Waals surface area contributed by atoms with E-state index in [0.717, 1.165) is 19.6 Å². The second-order valence-electron chi connectivity index (χ2n) is 8.07. The number of nitrogens with zero attached hydrogens (tertiary/aromatic N) is 2. The van der Waals surface area contributed by atoms with Crippen LogP contribution in [0.1, 0.15) is 18.9 Å². The number of morpholine rings is 1. The average Bonchev–Trinajstić information content (AvgIpc) is 3.10. The fourth-order valence-corrected chi connectivity index (χ4v) is 4.26. The predicted octanol–water partition coefficient (Wildman–Crippen LogP) is 3.01. The maximum atomic E-state index is 13.6. The number of rotatable bonds is 10. The number of carbonyl (C=O) groups excluding carboxylic acids is 2. The van der Waals surface area contributed by atoms with E-state index in [-0.39, 0.29) is 17.5 Å². The van der Waals surface area contributed by atoms with Crippen LogP contribution in [0.15, 0.2) is 54.2 Å². The molecule has 8 nitrogen and oxygen atoms in total. The lowest BCUT2D eigenvalue weighted by Crippen LogP contribution is -2.39. The molecule has 1 saturated heterocycles. The van der Waals surface area contributed by atoms with Gasteiger partial charge >= 0.3 is 0 Å². The first kappa shape index (κ1) is 23.8. The van der Waals surface area contributed by atoms with Gasteiger partial charge in [0.25, 0.3) is 11.8 Å². The molecule has 8 heteroatoms. The van der Waals surface area contributed by atoms with Crippen molar-refractivity contribution in [2.24, 2.45) is 0 Å². The summed E-state index contributed by atoms with van der Waals surface area (Å²) < 4.78 is 16.6. The zero-order valence-corrected chi connectivity index (χ0v) is 19.7. The molecule has 2 amide bonds. The standard InChI is InChI=1S/C26H31N3O5/c1-3-34-22-12-7-5-10-20(22)27-24-23(19-9-4-6-11-21(19)32-2)25(30)29(26(24)31)14-8-13-28-15-17-33-18-16-28/h4-7,9-12,27H,3,8,13-18H2,1-2H3. The monoisotopic (exact) mass is 465 g/mol. The van der Waals surface area contributed by atoms with E-state index in [1.807, 2.05) is 43.3 Å². The van der Waals surface area contributed by atoms with Crippen LogP contribution in [0.3, 0.4) is 0 Å². The first-order valence-electron chi connectivity index (χ1n) is 11.7. The number of carbonyl (C=O) groups is 2. The van der Waals surface area contributed by atoms with Crippen molar-refractivity contribution < 1.29 is 23.8 Å². The van der Waals surface area contributed by atoms with E-state index in [2.05, 4.69) is 10.2 Å². The van der Waals surface area contributed by atoms with Crippen molar-refractivity contribution in [2.45, 2.75) is 13.3 Å². The summed E-state index contributed by atoms with van der Waals surface area (Å²) in [5, 5.41) is 3.20. The highest BCUT2D eigenvalue weighted by Crippen LogP contribution is 2.36. The van der Waals surface area contributed by atoms with Gasteiger partial charge < -0.3 is 19.5 Å². The van der Waals surface area contributed by atoms with Gasteiger partial charge in [-0.25, -0.2) is 0 Å². The van der Waals surface area contributed by atoms with Gasteiger partial charge in [-0.3, -0.25) is 19.4 Å². The topological polar surface area (TPSA) is 80.3 Å². The van der Waals surface area contributed by atoms with Gasteiger partial charge in [-0.1, -0.05) is 30.3 Å². The van der Waals surface area contributed by atoms with Gasteiger partial charge in [-0.15, -0.1) is 0 Å². The maximum Gasteiger partial charge on any atom is 0.278 e. The predicted molar refractivity (Wildman–Crippen MR) is 130 cm³/mol. The van der Waals surface area contributed by atoms with E-state index in [0.29, 0.717) is 61.1 Å². The number of nitrogens with one attached hydrogen (secondary N) is 1. The van der Waals surface area contributed by atoms with Crippen molar-refractivity contribution >= 4 is 23.1 Å². The molecule has 0 unspecified atom stereocenters. The summed E-state index contributed by atoms with van der Waals surface area (Å²) in [5.41, 5.74) is 1.74. The molecule has 0 bridgehead atoms. The molecule has 0 saturated carbocycles. The second-order valence-corrected chi connectivity index (χ2v) is 8.07. The number of para-hydroxylation sites is 3. The van der Waals surface area contributed by atoms with E-state index in [1.54, 1.807) is 19.2 Å². The smallest absolute Gasteiger partial charge is 0.278 e. The van der Waals surface area contributed by atoms with Crippen LogP contribution < -0.4 is 14.8 Å².